The number of nitrogens with one attached hydrogen (secondary N) is 1. The fourth-order valence-electron chi connectivity index (χ4n) is 2.03. The van der Waals surface area contributed by atoms with Crippen LogP contribution in [0.15, 0.2) is 48.5 Å². The summed E-state index contributed by atoms with van der Waals surface area (Å²) in [6.45, 7) is 5.33. The zero-order valence-corrected chi connectivity index (χ0v) is 14.6. The number of rotatable bonds is 5. The van der Waals surface area contributed by atoms with Gasteiger partial charge in [-0.1, -0.05) is 61.8 Å². The highest BCUT2D eigenvalue weighted by atomic mass is 35.5. The molecular formula is C19H20ClNO3. The first-order valence-corrected chi connectivity index (χ1v) is 8.08. The molecule has 0 spiro atoms. The number of aryl methyl sites for hydroxylation is 1. The molecule has 24 heavy (non-hydrogen) atoms. The summed E-state index contributed by atoms with van der Waals surface area (Å²) in [5.74, 6) is -1.17. The number of anilines is 1. The lowest BCUT2D eigenvalue weighted by atomic mass is 10.1. The highest BCUT2D eigenvalue weighted by Gasteiger charge is 2.26. The molecule has 1 N–H and O–H groups in total. The van der Waals surface area contributed by atoms with Crippen LogP contribution in [0.5, 0.6) is 0 Å². The van der Waals surface area contributed by atoms with Crippen LogP contribution in [0.3, 0.4) is 0 Å². The summed E-state index contributed by atoms with van der Waals surface area (Å²) < 4.78 is 5.40. The smallest absolute Gasteiger partial charge is 0.309 e. The van der Waals surface area contributed by atoms with E-state index in [2.05, 4.69) is 5.32 Å². The summed E-state index contributed by atoms with van der Waals surface area (Å²) >= 11 is 6.08. The molecule has 0 fully saturated rings. The van der Waals surface area contributed by atoms with E-state index in [1.807, 2.05) is 19.1 Å². The second kappa shape index (κ2) is 7.97. The fraction of sp³-hybridized carbons (Fsp3) is 0.263. The fourth-order valence-corrected chi connectivity index (χ4v) is 2.21. The number of amides is 1. The summed E-state index contributed by atoms with van der Waals surface area (Å²) in [7, 11) is 0. The van der Waals surface area contributed by atoms with Crippen LogP contribution in [-0.4, -0.2) is 11.9 Å². The van der Waals surface area contributed by atoms with Gasteiger partial charge in [-0.3, -0.25) is 9.59 Å². The standard InChI is InChI=1S/C19H20ClNO3/c1-12(2)19(23)24-17(14-7-5-4-6-8-14)18(22)21-15-10-9-13(3)16(20)11-15/h4-12,17H,1-3H3,(H,21,22). The number of halogens is 1. The van der Waals surface area contributed by atoms with Gasteiger partial charge >= 0.3 is 5.97 Å². The average molecular weight is 346 g/mol. The number of hydrogen-bond donors (Lipinski definition) is 1. The maximum Gasteiger partial charge on any atom is 0.309 e. The van der Waals surface area contributed by atoms with Crippen LogP contribution >= 0.6 is 11.6 Å². The molecule has 0 aromatic heterocycles. The number of carbonyl (C=O) groups is 2. The monoisotopic (exact) mass is 345 g/mol. The van der Waals surface area contributed by atoms with Gasteiger partial charge in [0.05, 0.1) is 5.92 Å². The lowest BCUT2D eigenvalue weighted by Gasteiger charge is -2.19. The van der Waals surface area contributed by atoms with E-state index in [4.69, 9.17) is 16.3 Å². The van der Waals surface area contributed by atoms with E-state index in [9.17, 15) is 9.59 Å². The van der Waals surface area contributed by atoms with Gasteiger partial charge in [-0.25, -0.2) is 0 Å². The van der Waals surface area contributed by atoms with Crippen LogP contribution in [0.4, 0.5) is 5.69 Å². The highest BCUT2D eigenvalue weighted by Crippen LogP contribution is 2.24. The molecule has 0 saturated carbocycles. The molecule has 126 valence electrons. The lowest BCUT2D eigenvalue weighted by molar-refractivity contribution is -0.157. The van der Waals surface area contributed by atoms with Gasteiger partial charge in [-0.15, -0.1) is 0 Å². The Hall–Kier alpha value is -2.33. The molecule has 0 aliphatic heterocycles. The van der Waals surface area contributed by atoms with Crippen LogP contribution < -0.4 is 5.32 Å². The largest absolute Gasteiger partial charge is 0.447 e. The zero-order chi connectivity index (χ0) is 17.7. The van der Waals surface area contributed by atoms with E-state index in [1.54, 1.807) is 50.2 Å². The third-order valence-corrected chi connectivity index (χ3v) is 3.89. The van der Waals surface area contributed by atoms with Crippen LogP contribution in [0, 0.1) is 12.8 Å². The minimum Gasteiger partial charge on any atom is -0.447 e. The topological polar surface area (TPSA) is 55.4 Å². The third-order valence-electron chi connectivity index (χ3n) is 3.49. The van der Waals surface area contributed by atoms with E-state index in [0.717, 1.165) is 5.56 Å². The zero-order valence-electron chi connectivity index (χ0n) is 13.9. The van der Waals surface area contributed by atoms with Crippen molar-refractivity contribution in [3.63, 3.8) is 0 Å². The van der Waals surface area contributed by atoms with E-state index < -0.39 is 18.0 Å². The third kappa shape index (κ3) is 4.59. The van der Waals surface area contributed by atoms with E-state index in [0.29, 0.717) is 16.3 Å². The van der Waals surface area contributed by atoms with Crippen molar-refractivity contribution in [3.8, 4) is 0 Å². The Labute approximate surface area is 146 Å². The maximum absolute atomic E-state index is 12.6. The first kappa shape index (κ1) is 18.0. The molecule has 2 aromatic rings. The minimum absolute atomic E-state index is 0.321. The van der Waals surface area contributed by atoms with Crippen molar-refractivity contribution in [3.05, 3.63) is 64.7 Å². The van der Waals surface area contributed by atoms with Crippen molar-refractivity contribution in [1.82, 2.24) is 0 Å². The van der Waals surface area contributed by atoms with Gasteiger partial charge in [0.15, 0.2) is 0 Å². The van der Waals surface area contributed by atoms with Crippen molar-refractivity contribution in [2.45, 2.75) is 26.9 Å². The predicted molar refractivity (Wildman–Crippen MR) is 94.9 cm³/mol. The van der Waals surface area contributed by atoms with E-state index in [1.165, 1.54) is 0 Å². The summed E-state index contributed by atoms with van der Waals surface area (Å²) in [6, 6.07) is 14.2. The highest BCUT2D eigenvalue weighted by molar-refractivity contribution is 6.31. The van der Waals surface area contributed by atoms with Crippen LogP contribution in [-0.2, 0) is 14.3 Å². The molecular weight excluding hydrogens is 326 g/mol. The molecule has 2 rings (SSSR count). The van der Waals surface area contributed by atoms with Gasteiger partial charge in [-0.2, -0.15) is 0 Å². The Morgan fingerprint density at radius 1 is 1.08 bits per heavy atom. The van der Waals surface area contributed by atoms with Gasteiger partial charge in [0.1, 0.15) is 0 Å². The molecule has 1 unspecified atom stereocenters. The summed E-state index contributed by atoms with van der Waals surface area (Å²) in [5.41, 5.74) is 2.08. The van der Waals surface area contributed by atoms with Gasteiger partial charge in [0.25, 0.3) is 5.91 Å². The number of esters is 1. The number of carbonyl (C=O) groups excluding carboxylic acids is 2. The molecule has 2 aromatic carbocycles. The Balaban J connectivity index is 2.23. The van der Waals surface area contributed by atoms with Crippen LogP contribution in [0.1, 0.15) is 31.1 Å². The SMILES string of the molecule is Cc1ccc(NC(=O)C(OC(=O)C(C)C)c2ccccc2)cc1Cl. The molecule has 0 heterocycles. The van der Waals surface area contributed by atoms with Gasteiger partial charge in [-0.05, 0) is 24.6 Å². The molecule has 0 aliphatic rings. The summed E-state index contributed by atoms with van der Waals surface area (Å²) in [4.78, 5) is 24.6. The second-order valence-electron chi connectivity index (χ2n) is 5.84. The molecule has 4 nitrogen and oxygen atoms in total. The van der Waals surface area contributed by atoms with E-state index in [-0.39, 0.29) is 5.92 Å². The Morgan fingerprint density at radius 3 is 2.33 bits per heavy atom. The molecule has 0 bridgehead atoms. The maximum atomic E-state index is 12.6. The Kier molecular flexibility index (Phi) is 5.99. The quantitative estimate of drug-likeness (QED) is 0.810. The molecule has 0 aliphatic carbocycles. The normalized spacial score (nSPS) is 11.9. The average Bonchev–Trinajstić information content (AvgIpc) is 2.56. The van der Waals surface area contributed by atoms with Gasteiger partial charge < -0.3 is 10.1 Å². The van der Waals surface area contributed by atoms with Crippen molar-refractivity contribution >= 4 is 29.2 Å². The van der Waals surface area contributed by atoms with Crippen LogP contribution in [0.2, 0.25) is 5.02 Å². The van der Waals surface area contributed by atoms with Crippen molar-refractivity contribution in [2.75, 3.05) is 5.32 Å². The number of benzene rings is 2. The minimum atomic E-state index is -1.01. The summed E-state index contributed by atoms with van der Waals surface area (Å²) in [5, 5.41) is 3.31. The number of ether oxygens (including phenoxy) is 1. The van der Waals surface area contributed by atoms with Gasteiger partial charge in [0, 0.05) is 16.3 Å². The Bertz CT molecular complexity index is 729. The molecule has 0 radical (unpaired) electrons. The molecule has 0 saturated heterocycles. The molecule has 1 amide bonds. The first-order valence-electron chi connectivity index (χ1n) is 7.71. The Morgan fingerprint density at radius 2 is 1.75 bits per heavy atom. The lowest BCUT2D eigenvalue weighted by Crippen LogP contribution is -2.27. The molecule has 1 atom stereocenters. The van der Waals surface area contributed by atoms with Crippen LogP contribution in [0.25, 0.3) is 0 Å². The molecule has 5 heteroatoms. The van der Waals surface area contributed by atoms with Gasteiger partial charge in [0.2, 0.25) is 6.10 Å². The van der Waals surface area contributed by atoms with Crippen molar-refractivity contribution in [2.24, 2.45) is 5.92 Å². The van der Waals surface area contributed by atoms with E-state index >= 15 is 0 Å². The second-order valence-corrected chi connectivity index (χ2v) is 6.24. The summed E-state index contributed by atoms with van der Waals surface area (Å²) in [6.07, 6.45) is -1.01. The van der Waals surface area contributed by atoms with Crippen molar-refractivity contribution < 1.29 is 14.3 Å². The number of hydrogen-bond acceptors (Lipinski definition) is 3. The predicted octanol–water partition coefficient (Wildman–Crippen LogP) is 4.53. The van der Waals surface area contributed by atoms with Crippen molar-refractivity contribution in [1.29, 1.82) is 0 Å². The first-order chi connectivity index (χ1) is 11.4.